The Morgan fingerprint density at radius 1 is 1.33 bits per heavy atom. The van der Waals surface area contributed by atoms with Crippen LogP contribution in [0.25, 0.3) is 0 Å². The maximum Gasteiger partial charge on any atom is 0.305 e. The van der Waals surface area contributed by atoms with Gasteiger partial charge in [0.2, 0.25) is 0 Å². The second kappa shape index (κ2) is 11.4. The van der Waals surface area contributed by atoms with Gasteiger partial charge >= 0.3 is 5.97 Å². The van der Waals surface area contributed by atoms with Crippen molar-refractivity contribution in [1.82, 2.24) is 0 Å². The van der Waals surface area contributed by atoms with Gasteiger partial charge in [-0.05, 0) is 19.3 Å². The first-order valence-corrected chi connectivity index (χ1v) is 9.13. The smallest absolute Gasteiger partial charge is 0.305 e. The van der Waals surface area contributed by atoms with Crippen LogP contribution < -0.4 is 0 Å². The molecular formula is C19H32O5. The Balaban J connectivity index is 2.46. The van der Waals surface area contributed by atoms with Gasteiger partial charge in [0.1, 0.15) is 5.78 Å². The van der Waals surface area contributed by atoms with Crippen molar-refractivity contribution in [3.63, 3.8) is 0 Å². The number of carbonyl (C=O) groups is 2. The number of carbonyl (C=O) groups excluding carboxylic acids is 2. The minimum absolute atomic E-state index is 0.0793. The van der Waals surface area contributed by atoms with E-state index in [-0.39, 0.29) is 30.0 Å². The number of hydrogen-bond acceptors (Lipinski definition) is 5. The van der Waals surface area contributed by atoms with E-state index in [0.717, 1.165) is 25.7 Å². The van der Waals surface area contributed by atoms with Gasteiger partial charge in [-0.2, -0.15) is 0 Å². The molecule has 4 unspecified atom stereocenters. The lowest BCUT2D eigenvalue weighted by Crippen LogP contribution is -2.19. The molecular weight excluding hydrogens is 308 g/mol. The van der Waals surface area contributed by atoms with E-state index in [1.54, 1.807) is 6.08 Å². The summed E-state index contributed by atoms with van der Waals surface area (Å²) in [6.07, 6.45) is 8.90. The second-order valence-corrected chi connectivity index (χ2v) is 6.69. The predicted molar refractivity (Wildman–Crippen MR) is 92.4 cm³/mol. The lowest BCUT2D eigenvalue weighted by Gasteiger charge is -2.18. The van der Waals surface area contributed by atoms with Gasteiger partial charge in [-0.3, -0.25) is 9.59 Å². The maximum atomic E-state index is 12.1. The molecule has 5 heteroatoms. The molecule has 0 saturated heterocycles. The van der Waals surface area contributed by atoms with Gasteiger partial charge in [-0.15, -0.1) is 0 Å². The zero-order chi connectivity index (χ0) is 17.9. The third kappa shape index (κ3) is 7.14. The standard InChI is InChI=1S/C19H32O5/c1-3-4-5-8-14(20)11-12-16-15(17(21)13-18(16)22)9-6-7-10-19(23)24-2/h11-12,14-16,18,20,22H,3-10,13H2,1-2H3. The molecule has 5 nitrogen and oxygen atoms in total. The summed E-state index contributed by atoms with van der Waals surface area (Å²) < 4.78 is 4.60. The maximum absolute atomic E-state index is 12.1. The number of hydrogen-bond donors (Lipinski definition) is 2. The summed E-state index contributed by atoms with van der Waals surface area (Å²) in [7, 11) is 1.37. The number of aliphatic hydroxyl groups excluding tert-OH is 2. The van der Waals surface area contributed by atoms with Gasteiger partial charge in [-0.25, -0.2) is 0 Å². The number of rotatable bonds is 11. The second-order valence-electron chi connectivity index (χ2n) is 6.69. The quantitative estimate of drug-likeness (QED) is 0.343. The molecule has 0 radical (unpaired) electrons. The minimum Gasteiger partial charge on any atom is -0.469 e. The van der Waals surface area contributed by atoms with Gasteiger partial charge < -0.3 is 14.9 Å². The predicted octanol–water partition coefficient (Wildman–Crippen LogP) is 2.78. The Hall–Kier alpha value is -1.20. The molecule has 0 bridgehead atoms. The summed E-state index contributed by atoms with van der Waals surface area (Å²) in [6.45, 7) is 2.12. The Morgan fingerprint density at radius 3 is 2.75 bits per heavy atom. The Kier molecular flexibility index (Phi) is 9.88. The molecule has 138 valence electrons. The molecule has 2 N–H and O–H groups in total. The summed E-state index contributed by atoms with van der Waals surface area (Å²) >= 11 is 0. The third-order valence-corrected chi connectivity index (χ3v) is 4.77. The lowest BCUT2D eigenvalue weighted by atomic mass is 9.88. The van der Waals surface area contributed by atoms with Crippen LogP contribution >= 0.6 is 0 Å². The average Bonchev–Trinajstić information content (AvgIpc) is 2.82. The van der Waals surface area contributed by atoms with Crippen LogP contribution in [0.5, 0.6) is 0 Å². The molecule has 0 aromatic heterocycles. The molecule has 0 aliphatic heterocycles. The van der Waals surface area contributed by atoms with Crippen molar-refractivity contribution in [1.29, 1.82) is 0 Å². The Labute approximate surface area is 145 Å². The molecule has 1 saturated carbocycles. The summed E-state index contributed by atoms with van der Waals surface area (Å²) in [6, 6.07) is 0. The van der Waals surface area contributed by atoms with E-state index in [4.69, 9.17) is 0 Å². The van der Waals surface area contributed by atoms with Crippen molar-refractivity contribution < 1.29 is 24.5 Å². The highest BCUT2D eigenvalue weighted by molar-refractivity contribution is 5.84. The summed E-state index contributed by atoms with van der Waals surface area (Å²) in [4.78, 5) is 23.2. The summed E-state index contributed by atoms with van der Waals surface area (Å²) in [5.74, 6) is -0.594. The number of esters is 1. The van der Waals surface area contributed by atoms with E-state index in [1.807, 2.05) is 6.08 Å². The summed E-state index contributed by atoms with van der Waals surface area (Å²) in [5, 5.41) is 20.1. The number of methoxy groups -OCH3 is 1. The fourth-order valence-corrected chi connectivity index (χ4v) is 3.28. The first-order chi connectivity index (χ1) is 11.5. The summed E-state index contributed by atoms with van der Waals surface area (Å²) in [5.41, 5.74) is 0. The highest BCUT2D eigenvalue weighted by Crippen LogP contribution is 2.34. The Morgan fingerprint density at radius 2 is 2.08 bits per heavy atom. The van der Waals surface area contributed by atoms with Crippen LogP contribution in [0.4, 0.5) is 0 Å². The average molecular weight is 340 g/mol. The van der Waals surface area contributed by atoms with Crippen LogP contribution in [-0.4, -0.2) is 41.3 Å². The number of unbranched alkanes of at least 4 members (excludes halogenated alkanes) is 3. The molecule has 0 amide bonds. The monoisotopic (exact) mass is 340 g/mol. The van der Waals surface area contributed by atoms with E-state index in [2.05, 4.69) is 11.7 Å². The van der Waals surface area contributed by atoms with Crippen LogP contribution in [0, 0.1) is 11.8 Å². The third-order valence-electron chi connectivity index (χ3n) is 4.77. The van der Waals surface area contributed by atoms with Crippen molar-refractivity contribution in [3.05, 3.63) is 12.2 Å². The van der Waals surface area contributed by atoms with Crippen molar-refractivity contribution in [2.24, 2.45) is 11.8 Å². The number of ketones is 1. The molecule has 1 aliphatic carbocycles. The first kappa shape index (κ1) is 20.8. The number of aliphatic hydroxyl groups is 2. The number of ether oxygens (including phenoxy) is 1. The topological polar surface area (TPSA) is 83.8 Å². The van der Waals surface area contributed by atoms with Gasteiger partial charge in [0.05, 0.1) is 19.3 Å². The van der Waals surface area contributed by atoms with Gasteiger partial charge in [-0.1, -0.05) is 44.8 Å². The van der Waals surface area contributed by atoms with Crippen LogP contribution in [-0.2, 0) is 14.3 Å². The molecule has 1 fully saturated rings. The fraction of sp³-hybridized carbons (Fsp3) is 0.789. The SMILES string of the molecule is CCCCCC(O)C=CC1C(O)CC(=O)C1CCCCC(=O)OC. The molecule has 0 aromatic rings. The first-order valence-electron chi connectivity index (χ1n) is 9.13. The minimum atomic E-state index is -0.665. The van der Waals surface area contributed by atoms with Crippen molar-refractivity contribution in [2.75, 3.05) is 7.11 Å². The molecule has 1 aliphatic rings. The Bertz CT molecular complexity index is 418. The lowest BCUT2D eigenvalue weighted by molar-refractivity contribution is -0.140. The van der Waals surface area contributed by atoms with Gasteiger partial charge in [0.25, 0.3) is 0 Å². The highest BCUT2D eigenvalue weighted by Gasteiger charge is 2.39. The molecule has 0 aromatic carbocycles. The largest absolute Gasteiger partial charge is 0.469 e. The van der Waals surface area contributed by atoms with E-state index >= 15 is 0 Å². The van der Waals surface area contributed by atoms with E-state index < -0.39 is 12.2 Å². The molecule has 0 heterocycles. The van der Waals surface area contributed by atoms with Gasteiger partial charge in [0.15, 0.2) is 0 Å². The normalized spacial score (nSPS) is 25.3. The zero-order valence-electron chi connectivity index (χ0n) is 14.9. The van der Waals surface area contributed by atoms with Crippen LogP contribution in [0.1, 0.15) is 64.7 Å². The van der Waals surface area contributed by atoms with Gasteiger partial charge in [0, 0.05) is 24.7 Å². The zero-order valence-corrected chi connectivity index (χ0v) is 14.9. The molecule has 1 rings (SSSR count). The van der Waals surface area contributed by atoms with Crippen molar-refractivity contribution >= 4 is 11.8 Å². The van der Waals surface area contributed by atoms with E-state index in [0.29, 0.717) is 25.7 Å². The van der Waals surface area contributed by atoms with Crippen LogP contribution in [0.3, 0.4) is 0 Å². The van der Waals surface area contributed by atoms with E-state index in [1.165, 1.54) is 7.11 Å². The number of Topliss-reactive ketones (excluding diaryl/α,β-unsaturated/α-hetero) is 1. The highest BCUT2D eigenvalue weighted by atomic mass is 16.5. The van der Waals surface area contributed by atoms with E-state index in [9.17, 15) is 19.8 Å². The molecule has 4 atom stereocenters. The van der Waals surface area contributed by atoms with Crippen molar-refractivity contribution in [2.45, 2.75) is 76.9 Å². The molecule has 24 heavy (non-hydrogen) atoms. The van der Waals surface area contributed by atoms with Crippen LogP contribution in [0.2, 0.25) is 0 Å². The van der Waals surface area contributed by atoms with Crippen molar-refractivity contribution in [3.8, 4) is 0 Å². The fourth-order valence-electron chi connectivity index (χ4n) is 3.28. The molecule has 0 spiro atoms. The van der Waals surface area contributed by atoms with Crippen LogP contribution in [0.15, 0.2) is 12.2 Å².